The van der Waals surface area contributed by atoms with Crippen molar-refractivity contribution >= 4 is 0 Å². The zero-order chi connectivity index (χ0) is 15.9. The van der Waals surface area contributed by atoms with E-state index in [-0.39, 0.29) is 11.6 Å². The molecule has 5 heteroatoms. The van der Waals surface area contributed by atoms with Crippen molar-refractivity contribution in [2.75, 3.05) is 34.5 Å². The molecule has 1 atom stereocenters. The molecule has 21 heavy (non-hydrogen) atoms. The Morgan fingerprint density at radius 2 is 1.86 bits per heavy atom. The average Bonchev–Trinajstić information content (AvgIpc) is 2.50. The number of ether oxygens (including phenoxy) is 4. The van der Waals surface area contributed by atoms with Crippen LogP contribution in [0.4, 0.5) is 0 Å². The highest BCUT2D eigenvalue weighted by molar-refractivity contribution is 5.42. The minimum absolute atomic E-state index is 0.183. The van der Waals surface area contributed by atoms with Gasteiger partial charge in [-0.25, -0.2) is 0 Å². The number of hydrogen-bond donors (Lipinski definition) is 1. The van der Waals surface area contributed by atoms with E-state index in [2.05, 4.69) is 0 Å². The van der Waals surface area contributed by atoms with Crippen molar-refractivity contribution < 1.29 is 18.9 Å². The molecule has 5 nitrogen and oxygen atoms in total. The molecule has 0 bridgehead atoms. The molecule has 0 aliphatic carbocycles. The minimum Gasteiger partial charge on any atom is -0.497 e. The summed E-state index contributed by atoms with van der Waals surface area (Å²) in [6, 6.07) is 5.31. The third-order valence-electron chi connectivity index (χ3n) is 3.53. The lowest BCUT2D eigenvalue weighted by Gasteiger charge is -2.23. The Bertz CT molecular complexity index is 434. The Morgan fingerprint density at radius 3 is 2.43 bits per heavy atom. The second-order valence-corrected chi connectivity index (χ2v) is 5.50. The molecule has 1 rings (SSSR count). The van der Waals surface area contributed by atoms with Crippen LogP contribution in [0, 0.1) is 0 Å². The highest BCUT2D eigenvalue weighted by atomic mass is 16.5. The van der Waals surface area contributed by atoms with Crippen LogP contribution in [0.15, 0.2) is 18.2 Å². The second-order valence-electron chi connectivity index (χ2n) is 5.50. The predicted molar refractivity (Wildman–Crippen MR) is 83.0 cm³/mol. The lowest BCUT2D eigenvalue weighted by molar-refractivity contribution is -0.0114. The van der Waals surface area contributed by atoms with E-state index >= 15 is 0 Å². The summed E-state index contributed by atoms with van der Waals surface area (Å²) in [5.74, 6) is 1.49. The molecule has 1 unspecified atom stereocenters. The van der Waals surface area contributed by atoms with Crippen LogP contribution in [0.5, 0.6) is 11.5 Å². The number of nitrogens with two attached hydrogens (primary N) is 1. The van der Waals surface area contributed by atoms with Gasteiger partial charge in [0.2, 0.25) is 0 Å². The average molecular weight is 297 g/mol. The summed E-state index contributed by atoms with van der Waals surface area (Å²) in [7, 11) is 4.95. The van der Waals surface area contributed by atoms with Gasteiger partial charge >= 0.3 is 0 Å². The lowest BCUT2D eigenvalue weighted by Crippen LogP contribution is -2.26. The molecule has 0 radical (unpaired) electrons. The number of methoxy groups -OCH3 is 3. The van der Waals surface area contributed by atoms with Gasteiger partial charge in [-0.3, -0.25) is 0 Å². The largest absolute Gasteiger partial charge is 0.497 e. The van der Waals surface area contributed by atoms with Crippen LogP contribution < -0.4 is 15.2 Å². The number of hydrogen-bond acceptors (Lipinski definition) is 5. The number of benzene rings is 1. The molecular formula is C16H27NO4. The molecule has 0 aromatic heterocycles. The van der Waals surface area contributed by atoms with Crippen molar-refractivity contribution in [3.63, 3.8) is 0 Å². The molecule has 0 saturated heterocycles. The van der Waals surface area contributed by atoms with E-state index in [0.29, 0.717) is 13.2 Å². The van der Waals surface area contributed by atoms with Gasteiger partial charge in [-0.05, 0) is 38.5 Å². The van der Waals surface area contributed by atoms with E-state index in [1.807, 2.05) is 32.0 Å². The van der Waals surface area contributed by atoms with E-state index in [1.165, 1.54) is 0 Å². The molecule has 1 aromatic rings. The Hall–Kier alpha value is -1.30. The SMILES string of the molecule is COc1ccc(OC)c(C(N)COCCC(C)(C)OC)c1. The minimum atomic E-state index is -0.263. The van der Waals surface area contributed by atoms with Crippen molar-refractivity contribution in [2.45, 2.75) is 31.9 Å². The van der Waals surface area contributed by atoms with Gasteiger partial charge in [-0.15, -0.1) is 0 Å². The van der Waals surface area contributed by atoms with Gasteiger partial charge in [0.15, 0.2) is 0 Å². The van der Waals surface area contributed by atoms with Gasteiger partial charge in [0.25, 0.3) is 0 Å². The smallest absolute Gasteiger partial charge is 0.123 e. The van der Waals surface area contributed by atoms with E-state index in [9.17, 15) is 0 Å². The van der Waals surface area contributed by atoms with Crippen molar-refractivity contribution in [2.24, 2.45) is 5.73 Å². The van der Waals surface area contributed by atoms with Crippen molar-refractivity contribution in [1.82, 2.24) is 0 Å². The monoisotopic (exact) mass is 297 g/mol. The Kier molecular flexibility index (Phi) is 6.95. The van der Waals surface area contributed by atoms with E-state index in [4.69, 9.17) is 24.7 Å². The van der Waals surface area contributed by atoms with Crippen molar-refractivity contribution in [3.8, 4) is 11.5 Å². The summed E-state index contributed by atoms with van der Waals surface area (Å²) in [5.41, 5.74) is 6.88. The molecule has 0 amide bonds. The Morgan fingerprint density at radius 1 is 1.14 bits per heavy atom. The number of rotatable bonds is 9. The fourth-order valence-corrected chi connectivity index (χ4v) is 1.85. The van der Waals surface area contributed by atoms with Gasteiger partial charge in [-0.1, -0.05) is 0 Å². The quantitative estimate of drug-likeness (QED) is 0.710. The third kappa shape index (κ3) is 5.53. The maximum absolute atomic E-state index is 6.19. The zero-order valence-corrected chi connectivity index (χ0v) is 13.6. The normalized spacial score (nSPS) is 13.0. The predicted octanol–water partition coefficient (Wildman–Crippen LogP) is 2.54. The van der Waals surface area contributed by atoms with Crippen LogP contribution in [0.3, 0.4) is 0 Å². The van der Waals surface area contributed by atoms with Crippen LogP contribution in [-0.2, 0) is 9.47 Å². The van der Waals surface area contributed by atoms with Gasteiger partial charge in [0.05, 0.1) is 32.5 Å². The standard InChI is InChI=1S/C16H27NO4/c1-16(2,20-5)8-9-21-11-14(17)13-10-12(18-3)6-7-15(13)19-4/h6-7,10,14H,8-9,11,17H2,1-5H3. The van der Waals surface area contributed by atoms with Crippen LogP contribution in [0.2, 0.25) is 0 Å². The van der Waals surface area contributed by atoms with Crippen LogP contribution in [0.25, 0.3) is 0 Å². The first-order chi connectivity index (χ1) is 9.93. The fourth-order valence-electron chi connectivity index (χ4n) is 1.85. The van der Waals surface area contributed by atoms with Gasteiger partial charge < -0.3 is 24.7 Å². The summed E-state index contributed by atoms with van der Waals surface area (Å²) in [4.78, 5) is 0. The van der Waals surface area contributed by atoms with E-state index in [1.54, 1.807) is 21.3 Å². The topological polar surface area (TPSA) is 62.9 Å². The van der Waals surface area contributed by atoms with Crippen molar-refractivity contribution in [1.29, 1.82) is 0 Å². The van der Waals surface area contributed by atoms with Gasteiger partial charge in [-0.2, -0.15) is 0 Å². The molecule has 0 spiro atoms. The summed E-state index contributed by atoms with van der Waals surface area (Å²) in [5, 5.41) is 0. The molecule has 0 heterocycles. The van der Waals surface area contributed by atoms with Crippen molar-refractivity contribution in [3.05, 3.63) is 23.8 Å². The maximum atomic E-state index is 6.19. The molecule has 120 valence electrons. The van der Waals surface area contributed by atoms with Gasteiger partial charge in [0.1, 0.15) is 11.5 Å². The first-order valence-electron chi connectivity index (χ1n) is 7.04. The Labute approximate surface area is 127 Å². The molecular weight excluding hydrogens is 270 g/mol. The zero-order valence-electron chi connectivity index (χ0n) is 13.6. The second kappa shape index (κ2) is 8.22. The summed E-state index contributed by atoms with van der Waals surface area (Å²) in [6.45, 7) is 5.08. The molecule has 0 saturated carbocycles. The molecule has 0 fully saturated rings. The molecule has 1 aromatic carbocycles. The van der Waals surface area contributed by atoms with E-state index in [0.717, 1.165) is 23.5 Å². The Balaban J connectivity index is 2.57. The molecule has 0 aliphatic rings. The summed E-state index contributed by atoms with van der Waals surface area (Å²) in [6.07, 6.45) is 0.811. The third-order valence-corrected chi connectivity index (χ3v) is 3.53. The molecule has 0 aliphatic heterocycles. The first-order valence-corrected chi connectivity index (χ1v) is 7.04. The van der Waals surface area contributed by atoms with Crippen LogP contribution >= 0.6 is 0 Å². The molecule has 2 N–H and O–H groups in total. The summed E-state index contributed by atoms with van der Waals surface area (Å²) < 4.78 is 21.6. The summed E-state index contributed by atoms with van der Waals surface area (Å²) >= 11 is 0. The van der Waals surface area contributed by atoms with E-state index < -0.39 is 0 Å². The first kappa shape index (κ1) is 17.8. The van der Waals surface area contributed by atoms with Crippen LogP contribution in [-0.4, -0.2) is 40.1 Å². The lowest BCUT2D eigenvalue weighted by atomic mass is 10.1. The highest BCUT2D eigenvalue weighted by Gasteiger charge is 2.17. The maximum Gasteiger partial charge on any atom is 0.123 e. The fraction of sp³-hybridized carbons (Fsp3) is 0.625. The highest BCUT2D eigenvalue weighted by Crippen LogP contribution is 2.28. The van der Waals surface area contributed by atoms with Gasteiger partial charge in [0, 0.05) is 19.3 Å². The van der Waals surface area contributed by atoms with Crippen LogP contribution in [0.1, 0.15) is 31.9 Å².